The first-order valence-corrected chi connectivity index (χ1v) is 6.72. The van der Waals surface area contributed by atoms with E-state index in [9.17, 15) is 0 Å². The molecule has 3 N–H and O–H groups in total. The number of anilines is 3. The molecule has 0 saturated heterocycles. The molecule has 0 fully saturated rings. The third kappa shape index (κ3) is 3.17. The van der Waals surface area contributed by atoms with Crippen LogP contribution in [0.25, 0.3) is 0 Å². The minimum atomic E-state index is 0.244. The zero-order chi connectivity index (χ0) is 14.5. The minimum Gasteiger partial charge on any atom is -0.494 e. The Labute approximate surface area is 119 Å². The van der Waals surface area contributed by atoms with E-state index in [0.717, 1.165) is 22.8 Å². The summed E-state index contributed by atoms with van der Waals surface area (Å²) in [6.07, 6.45) is 1.47. The SMILES string of the molecule is CCOc1cccc(Nc2ncnc(N)c2C(C)C)c1. The Kier molecular flexibility index (Phi) is 4.40. The number of rotatable bonds is 5. The molecule has 0 saturated carbocycles. The molecule has 5 heteroatoms. The van der Waals surface area contributed by atoms with E-state index in [4.69, 9.17) is 10.5 Å². The fourth-order valence-corrected chi connectivity index (χ4v) is 2.05. The van der Waals surface area contributed by atoms with E-state index in [1.54, 1.807) is 0 Å². The first kappa shape index (κ1) is 14.1. The van der Waals surface area contributed by atoms with Crippen molar-refractivity contribution >= 4 is 17.3 Å². The van der Waals surface area contributed by atoms with Crippen LogP contribution in [-0.2, 0) is 0 Å². The zero-order valence-electron chi connectivity index (χ0n) is 12.1. The standard InChI is InChI=1S/C15H20N4O/c1-4-20-12-7-5-6-11(8-12)19-15-13(10(2)3)14(16)17-9-18-15/h5-10H,4H2,1-3H3,(H3,16,17,18,19). The van der Waals surface area contributed by atoms with Crippen molar-refractivity contribution in [2.45, 2.75) is 26.7 Å². The van der Waals surface area contributed by atoms with Gasteiger partial charge >= 0.3 is 0 Å². The lowest BCUT2D eigenvalue weighted by atomic mass is 10.0. The van der Waals surface area contributed by atoms with Crippen LogP contribution in [0.15, 0.2) is 30.6 Å². The van der Waals surface area contributed by atoms with Gasteiger partial charge in [0, 0.05) is 17.3 Å². The predicted molar refractivity (Wildman–Crippen MR) is 81.4 cm³/mol. The molecule has 0 amide bonds. The molecule has 0 aliphatic rings. The van der Waals surface area contributed by atoms with Crippen molar-refractivity contribution < 1.29 is 4.74 Å². The average molecular weight is 272 g/mol. The van der Waals surface area contributed by atoms with E-state index < -0.39 is 0 Å². The first-order chi connectivity index (χ1) is 9.61. The van der Waals surface area contributed by atoms with Crippen molar-refractivity contribution in [2.75, 3.05) is 17.7 Å². The average Bonchev–Trinajstić information content (AvgIpc) is 2.39. The Bertz CT molecular complexity index is 584. The zero-order valence-corrected chi connectivity index (χ0v) is 12.1. The molecule has 2 aromatic rings. The second-order valence-electron chi connectivity index (χ2n) is 4.76. The monoisotopic (exact) mass is 272 g/mol. The molecular formula is C15H20N4O. The van der Waals surface area contributed by atoms with E-state index >= 15 is 0 Å². The van der Waals surface area contributed by atoms with Crippen LogP contribution < -0.4 is 15.8 Å². The summed E-state index contributed by atoms with van der Waals surface area (Å²) >= 11 is 0. The highest BCUT2D eigenvalue weighted by Gasteiger charge is 2.13. The van der Waals surface area contributed by atoms with Crippen LogP contribution in [0.3, 0.4) is 0 Å². The minimum absolute atomic E-state index is 0.244. The van der Waals surface area contributed by atoms with Gasteiger partial charge in [-0.2, -0.15) is 0 Å². The molecule has 5 nitrogen and oxygen atoms in total. The van der Waals surface area contributed by atoms with Gasteiger partial charge < -0.3 is 15.8 Å². The van der Waals surface area contributed by atoms with E-state index in [2.05, 4.69) is 29.1 Å². The van der Waals surface area contributed by atoms with Gasteiger partial charge in [-0.1, -0.05) is 19.9 Å². The fourth-order valence-electron chi connectivity index (χ4n) is 2.05. The van der Waals surface area contributed by atoms with Gasteiger partial charge in [0.05, 0.1) is 6.61 Å². The number of nitrogens with one attached hydrogen (secondary N) is 1. The topological polar surface area (TPSA) is 73.1 Å². The number of aromatic nitrogens is 2. The number of benzene rings is 1. The van der Waals surface area contributed by atoms with Crippen LogP contribution in [-0.4, -0.2) is 16.6 Å². The number of nitrogens with zero attached hydrogens (tertiary/aromatic N) is 2. The van der Waals surface area contributed by atoms with Crippen LogP contribution >= 0.6 is 0 Å². The van der Waals surface area contributed by atoms with Crippen molar-refractivity contribution in [1.82, 2.24) is 9.97 Å². The van der Waals surface area contributed by atoms with Crippen LogP contribution in [0.4, 0.5) is 17.3 Å². The smallest absolute Gasteiger partial charge is 0.139 e. The molecule has 0 atom stereocenters. The summed E-state index contributed by atoms with van der Waals surface area (Å²) < 4.78 is 5.49. The maximum atomic E-state index is 5.94. The molecule has 0 unspecified atom stereocenters. The highest BCUT2D eigenvalue weighted by atomic mass is 16.5. The van der Waals surface area contributed by atoms with Gasteiger partial charge in [0.1, 0.15) is 23.7 Å². The maximum absolute atomic E-state index is 5.94. The highest BCUT2D eigenvalue weighted by molar-refractivity contribution is 5.65. The molecule has 0 spiro atoms. The second-order valence-corrected chi connectivity index (χ2v) is 4.76. The number of nitrogen functional groups attached to an aromatic ring is 1. The third-order valence-corrected chi connectivity index (χ3v) is 2.90. The molecule has 0 bridgehead atoms. The van der Waals surface area contributed by atoms with Crippen molar-refractivity contribution in [2.24, 2.45) is 0 Å². The summed E-state index contributed by atoms with van der Waals surface area (Å²) in [6.45, 7) is 6.73. The van der Waals surface area contributed by atoms with Crippen molar-refractivity contribution in [3.63, 3.8) is 0 Å². The Balaban J connectivity index is 2.30. The molecule has 0 aliphatic carbocycles. The lowest BCUT2D eigenvalue weighted by molar-refractivity contribution is 0.340. The second kappa shape index (κ2) is 6.23. The summed E-state index contributed by atoms with van der Waals surface area (Å²) in [7, 11) is 0. The summed E-state index contributed by atoms with van der Waals surface area (Å²) in [5, 5.41) is 3.28. The van der Waals surface area contributed by atoms with E-state index in [0.29, 0.717) is 12.4 Å². The van der Waals surface area contributed by atoms with Crippen LogP contribution in [0.1, 0.15) is 32.3 Å². The number of ether oxygens (including phenoxy) is 1. The number of nitrogens with two attached hydrogens (primary N) is 1. The maximum Gasteiger partial charge on any atom is 0.139 e. The third-order valence-electron chi connectivity index (χ3n) is 2.90. The van der Waals surface area contributed by atoms with E-state index in [1.165, 1.54) is 6.33 Å². The predicted octanol–water partition coefficient (Wildman–Crippen LogP) is 3.32. The van der Waals surface area contributed by atoms with Crippen molar-refractivity contribution in [3.05, 3.63) is 36.2 Å². The molecule has 2 rings (SSSR count). The quantitative estimate of drug-likeness (QED) is 0.873. The van der Waals surface area contributed by atoms with E-state index in [1.807, 2.05) is 31.2 Å². The van der Waals surface area contributed by atoms with Gasteiger partial charge in [0.15, 0.2) is 0 Å². The molecule has 0 aliphatic heterocycles. The van der Waals surface area contributed by atoms with Gasteiger partial charge in [-0.3, -0.25) is 0 Å². The molecule has 1 aromatic heterocycles. The fraction of sp³-hybridized carbons (Fsp3) is 0.333. The van der Waals surface area contributed by atoms with Gasteiger partial charge in [0.25, 0.3) is 0 Å². The summed E-state index contributed by atoms with van der Waals surface area (Å²) in [5.41, 5.74) is 7.78. The summed E-state index contributed by atoms with van der Waals surface area (Å²) in [5.74, 6) is 2.32. The van der Waals surface area contributed by atoms with E-state index in [-0.39, 0.29) is 5.92 Å². The molecule has 20 heavy (non-hydrogen) atoms. The van der Waals surface area contributed by atoms with Crippen LogP contribution in [0.2, 0.25) is 0 Å². The Hall–Kier alpha value is -2.30. The van der Waals surface area contributed by atoms with Crippen LogP contribution in [0.5, 0.6) is 5.75 Å². The summed E-state index contributed by atoms with van der Waals surface area (Å²) in [6, 6.07) is 7.76. The lowest BCUT2D eigenvalue weighted by Crippen LogP contribution is -2.06. The molecule has 1 aromatic carbocycles. The molecular weight excluding hydrogens is 252 g/mol. The Morgan fingerprint density at radius 3 is 2.80 bits per heavy atom. The van der Waals surface area contributed by atoms with Gasteiger partial charge in [-0.15, -0.1) is 0 Å². The normalized spacial score (nSPS) is 10.6. The highest BCUT2D eigenvalue weighted by Crippen LogP contribution is 2.29. The molecule has 0 radical (unpaired) electrons. The Morgan fingerprint density at radius 2 is 2.10 bits per heavy atom. The molecule has 106 valence electrons. The first-order valence-electron chi connectivity index (χ1n) is 6.72. The van der Waals surface area contributed by atoms with Crippen molar-refractivity contribution in [3.8, 4) is 5.75 Å². The van der Waals surface area contributed by atoms with Gasteiger partial charge in [0.2, 0.25) is 0 Å². The lowest BCUT2D eigenvalue weighted by Gasteiger charge is -2.15. The number of hydrogen-bond donors (Lipinski definition) is 2. The van der Waals surface area contributed by atoms with Crippen LogP contribution in [0, 0.1) is 0 Å². The Morgan fingerprint density at radius 1 is 1.30 bits per heavy atom. The summed E-state index contributed by atoms with van der Waals surface area (Å²) in [4.78, 5) is 8.34. The van der Waals surface area contributed by atoms with Gasteiger partial charge in [-0.25, -0.2) is 9.97 Å². The van der Waals surface area contributed by atoms with Gasteiger partial charge in [-0.05, 0) is 25.0 Å². The largest absolute Gasteiger partial charge is 0.494 e. The van der Waals surface area contributed by atoms with Crippen molar-refractivity contribution in [1.29, 1.82) is 0 Å². The number of hydrogen-bond acceptors (Lipinski definition) is 5. The molecule has 1 heterocycles.